The van der Waals surface area contributed by atoms with Gasteiger partial charge in [-0.2, -0.15) is 0 Å². The Hall–Kier alpha value is -0.540. The summed E-state index contributed by atoms with van der Waals surface area (Å²) in [7, 11) is -3.62. The van der Waals surface area contributed by atoms with Crippen LogP contribution in [0.2, 0.25) is 4.47 Å². The average molecular weight is 352 g/mol. The first-order chi connectivity index (χ1) is 9.20. The molecule has 9 heteroatoms. The van der Waals surface area contributed by atoms with Crippen molar-refractivity contribution in [2.24, 2.45) is 0 Å². The Labute approximate surface area is 131 Å². The van der Waals surface area contributed by atoms with Gasteiger partial charge in [0.15, 0.2) is 8.68 Å². The molecular formula is C11H14ClN3O2S3. The van der Waals surface area contributed by atoms with Crippen molar-refractivity contribution < 1.29 is 8.42 Å². The van der Waals surface area contributed by atoms with Crippen LogP contribution >= 0.6 is 34.3 Å². The summed E-state index contributed by atoms with van der Waals surface area (Å²) in [4.78, 5) is 9.16. The second kappa shape index (κ2) is 5.69. The van der Waals surface area contributed by atoms with Crippen molar-refractivity contribution in [1.29, 1.82) is 0 Å². The van der Waals surface area contributed by atoms with Gasteiger partial charge in [0.2, 0.25) is 0 Å². The summed E-state index contributed by atoms with van der Waals surface area (Å²) in [6.07, 6.45) is 0. The van der Waals surface area contributed by atoms with E-state index in [1.54, 1.807) is 13.8 Å². The van der Waals surface area contributed by atoms with Gasteiger partial charge in [0.1, 0.15) is 0 Å². The van der Waals surface area contributed by atoms with Crippen LogP contribution in [0.3, 0.4) is 0 Å². The van der Waals surface area contributed by atoms with Crippen LogP contribution in [0.1, 0.15) is 34.2 Å². The molecule has 0 radical (unpaired) electrons. The molecule has 5 nitrogen and oxygen atoms in total. The number of halogens is 1. The lowest BCUT2D eigenvalue weighted by Crippen LogP contribution is -2.26. The van der Waals surface area contributed by atoms with Gasteiger partial charge in [-0.05, 0) is 27.7 Å². The van der Waals surface area contributed by atoms with Gasteiger partial charge in [-0.25, -0.2) is 23.1 Å². The van der Waals surface area contributed by atoms with Gasteiger partial charge in [0.05, 0.1) is 22.4 Å². The highest BCUT2D eigenvalue weighted by Gasteiger charge is 2.25. The first-order valence-corrected chi connectivity index (χ1v) is 9.29. The van der Waals surface area contributed by atoms with Crippen molar-refractivity contribution in [2.45, 2.75) is 37.9 Å². The highest BCUT2D eigenvalue weighted by molar-refractivity contribution is 7.91. The minimum atomic E-state index is -3.62. The fraction of sp³-hybridized carbons (Fsp3) is 0.455. The lowest BCUT2D eigenvalue weighted by Gasteiger charge is -2.12. The van der Waals surface area contributed by atoms with Crippen LogP contribution in [0.15, 0.2) is 4.21 Å². The van der Waals surface area contributed by atoms with Crippen LogP contribution in [-0.2, 0) is 10.0 Å². The molecule has 1 N–H and O–H groups in total. The SMILES string of the molecule is Cc1nc(C)c(C(C)NS(=O)(=O)c2sc(Cl)nc2C)s1. The second-order valence-electron chi connectivity index (χ2n) is 4.37. The van der Waals surface area contributed by atoms with E-state index >= 15 is 0 Å². The Morgan fingerprint density at radius 1 is 1.15 bits per heavy atom. The molecule has 20 heavy (non-hydrogen) atoms. The van der Waals surface area contributed by atoms with Gasteiger partial charge in [-0.15, -0.1) is 11.3 Å². The molecule has 0 aliphatic carbocycles. The number of thiazole rings is 2. The van der Waals surface area contributed by atoms with E-state index in [1.807, 2.05) is 13.8 Å². The van der Waals surface area contributed by atoms with Crippen LogP contribution in [-0.4, -0.2) is 18.4 Å². The molecule has 0 aliphatic rings. The summed E-state index contributed by atoms with van der Waals surface area (Å²) in [6, 6.07) is -0.341. The molecule has 0 amide bonds. The van der Waals surface area contributed by atoms with Crippen LogP contribution in [0.5, 0.6) is 0 Å². The number of aryl methyl sites for hydroxylation is 3. The first kappa shape index (κ1) is 15.8. The van der Waals surface area contributed by atoms with E-state index in [0.717, 1.165) is 26.9 Å². The van der Waals surface area contributed by atoms with E-state index in [-0.39, 0.29) is 14.7 Å². The lowest BCUT2D eigenvalue weighted by atomic mass is 10.2. The number of hydrogen-bond acceptors (Lipinski definition) is 6. The van der Waals surface area contributed by atoms with Gasteiger partial charge < -0.3 is 0 Å². The molecule has 0 aliphatic heterocycles. The molecule has 0 aromatic carbocycles. The Morgan fingerprint density at radius 2 is 1.80 bits per heavy atom. The summed E-state index contributed by atoms with van der Waals surface area (Å²) in [5.74, 6) is 0. The number of aromatic nitrogens is 2. The van der Waals surface area contributed by atoms with Crippen molar-refractivity contribution >= 4 is 44.3 Å². The smallest absolute Gasteiger partial charge is 0.247 e. The highest BCUT2D eigenvalue weighted by Crippen LogP contribution is 2.30. The normalized spacial score (nSPS) is 13.7. The minimum Gasteiger partial charge on any atom is -0.247 e. The fourth-order valence-electron chi connectivity index (χ4n) is 1.89. The lowest BCUT2D eigenvalue weighted by molar-refractivity contribution is 0.569. The zero-order valence-corrected chi connectivity index (χ0v) is 14.6. The number of hydrogen-bond donors (Lipinski definition) is 1. The molecule has 2 aromatic rings. The fourth-order valence-corrected chi connectivity index (χ4v) is 5.86. The predicted octanol–water partition coefficient (Wildman–Crippen LogP) is 3.22. The van der Waals surface area contributed by atoms with E-state index in [4.69, 9.17) is 11.6 Å². The number of sulfonamides is 1. The number of nitrogens with one attached hydrogen (secondary N) is 1. The topological polar surface area (TPSA) is 72.0 Å². The van der Waals surface area contributed by atoms with Crippen LogP contribution in [0.25, 0.3) is 0 Å². The van der Waals surface area contributed by atoms with E-state index in [2.05, 4.69) is 14.7 Å². The third-order valence-corrected chi connectivity index (χ3v) is 7.30. The molecular weight excluding hydrogens is 338 g/mol. The minimum absolute atomic E-state index is 0.160. The summed E-state index contributed by atoms with van der Waals surface area (Å²) in [6.45, 7) is 7.20. The zero-order valence-electron chi connectivity index (χ0n) is 11.4. The monoisotopic (exact) mass is 351 g/mol. The first-order valence-electron chi connectivity index (χ1n) is 5.80. The summed E-state index contributed by atoms with van der Waals surface area (Å²) in [5, 5.41) is 0.917. The predicted molar refractivity (Wildman–Crippen MR) is 82.2 cm³/mol. The van der Waals surface area contributed by atoms with Crippen molar-refractivity contribution in [1.82, 2.24) is 14.7 Å². The molecule has 0 fully saturated rings. The van der Waals surface area contributed by atoms with Crippen LogP contribution < -0.4 is 4.72 Å². The summed E-state index contributed by atoms with van der Waals surface area (Å²) < 4.78 is 27.7. The highest BCUT2D eigenvalue weighted by atomic mass is 35.5. The van der Waals surface area contributed by atoms with E-state index in [0.29, 0.717) is 5.69 Å². The Kier molecular flexibility index (Phi) is 4.50. The van der Waals surface area contributed by atoms with Crippen molar-refractivity contribution in [3.05, 3.63) is 25.7 Å². The molecule has 0 spiro atoms. The summed E-state index contributed by atoms with van der Waals surface area (Å²) >= 11 is 8.21. The standard InChI is InChI=1S/C11H14ClN3O2S3/c1-5-9(18-8(4)13-5)6(2)15-20(16,17)10-7(3)14-11(12)19-10/h6,15H,1-4H3. The van der Waals surface area contributed by atoms with E-state index in [1.165, 1.54) is 11.3 Å². The molecule has 110 valence electrons. The maximum absolute atomic E-state index is 12.4. The average Bonchev–Trinajstić information content (AvgIpc) is 2.81. The molecule has 2 rings (SSSR count). The molecule has 2 heterocycles. The second-order valence-corrected chi connectivity index (χ2v) is 9.09. The third kappa shape index (κ3) is 3.20. The molecule has 2 aromatic heterocycles. The maximum atomic E-state index is 12.4. The zero-order chi connectivity index (χ0) is 15.1. The quantitative estimate of drug-likeness (QED) is 0.917. The van der Waals surface area contributed by atoms with Gasteiger partial charge in [0, 0.05) is 4.88 Å². The Balaban J connectivity index is 2.29. The molecule has 0 bridgehead atoms. The van der Waals surface area contributed by atoms with Gasteiger partial charge >= 0.3 is 0 Å². The van der Waals surface area contributed by atoms with Crippen molar-refractivity contribution in [3.8, 4) is 0 Å². The molecule has 1 unspecified atom stereocenters. The van der Waals surface area contributed by atoms with Gasteiger partial charge in [0.25, 0.3) is 10.0 Å². The maximum Gasteiger partial charge on any atom is 0.252 e. The van der Waals surface area contributed by atoms with Gasteiger partial charge in [-0.3, -0.25) is 0 Å². The molecule has 0 saturated carbocycles. The third-order valence-electron chi connectivity index (χ3n) is 2.64. The summed E-state index contributed by atoms with van der Waals surface area (Å²) in [5.41, 5.74) is 1.26. The molecule has 1 atom stereocenters. The van der Waals surface area contributed by atoms with E-state index < -0.39 is 10.0 Å². The van der Waals surface area contributed by atoms with Crippen LogP contribution in [0, 0.1) is 20.8 Å². The van der Waals surface area contributed by atoms with Gasteiger partial charge in [-0.1, -0.05) is 22.9 Å². The number of rotatable bonds is 4. The molecule has 0 saturated heterocycles. The van der Waals surface area contributed by atoms with Crippen molar-refractivity contribution in [2.75, 3.05) is 0 Å². The van der Waals surface area contributed by atoms with Crippen LogP contribution in [0.4, 0.5) is 0 Å². The largest absolute Gasteiger partial charge is 0.252 e. The van der Waals surface area contributed by atoms with Crippen molar-refractivity contribution in [3.63, 3.8) is 0 Å². The number of nitrogens with zero attached hydrogens (tertiary/aromatic N) is 2. The Bertz CT molecular complexity index is 736. The Morgan fingerprint density at radius 3 is 2.25 bits per heavy atom. The van der Waals surface area contributed by atoms with E-state index in [9.17, 15) is 8.42 Å².